The molecular weight excluding hydrogens is 717 g/mol. The van der Waals surface area contributed by atoms with E-state index >= 15 is 0 Å². The van der Waals surface area contributed by atoms with Gasteiger partial charge in [0.25, 0.3) is 0 Å². The lowest BCUT2D eigenvalue weighted by atomic mass is 9.28. The molecule has 0 radical (unpaired) electrons. The van der Waals surface area contributed by atoms with Crippen LogP contribution in [-0.4, -0.2) is 19.9 Å². The van der Waals surface area contributed by atoms with Crippen LogP contribution in [0.5, 0.6) is 0 Å². The van der Waals surface area contributed by atoms with Crippen LogP contribution in [0.4, 0.5) is 0 Å². The van der Waals surface area contributed by atoms with E-state index in [0.29, 0.717) is 17.1 Å². The Bertz CT molecular complexity index is 3020. The normalized spacial score (nSPS) is 19.9. The van der Waals surface area contributed by atoms with E-state index in [1.54, 1.807) is 0 Å². The highest BCUT2D eigenvalue weighted by atomic mass is 14.9. The van der Waals surface area contributed by atoms with Crippen LogP contribution in [0.2, 0.25) is 0 Å². The molecule has 0 spiro atoms. The first-order valence-corrected chi connectivity index (χ1v) is 20.8. The molecule has 3 aliphatic rings. The van der Waals surface area contributed by atoms with Gasteiger partial charge in [-0.1, -0.05) is 158 Å². The molecule has 59 heavy (non-hydrogen) atoms. The van der Waals surface area contributed by atoms with Crippen LogP contribution in [0.3, 0.4) is 0 Å². The molecule has 0 amide bonds. The predicted octanol–water partition coefficient (Wildman–Crippen LogP) is 13.4. The Morgan fingerprint density at radius 1 is 0.373 bits per heavy atom. The van der Waals surface area contributed by atoms with Crippen molar-refractivity contribution in [1.29, 1.82) is 0 Å². The van der Waals surface area contributed by atoms with Crippen molar-refractivity contribution in [2.75, 3.05) is 0 Å². The molecule has 2 atom stereocenters. The molecule has 0 aliphatic heterocycles. The molecule has 2 unspecified atom stereocenters. The summed E-state index contributed by atoms with van der Waals surface area (Å²) in [4.78, 5) is 21.0. The summed E-state index contributed by atoms with van der Waals surface area (Å²) in [7, 11) is 0. The van der Waals surface area contributed by atoms with Crippen LogP contribution in [0, 0.1) is 17.8 Å². The number of hydrogen-bond acceptors (Lipinski definition) is 4. The Morgan fingerprint density at radius 2 is 0.898 bits per heavy atom. The summed E-state index contributed by atoms with van der Waals surface area (Å²) in [6, 6.07) is 66.5. The van der Waals surface area contributed by atoms with Gasteiger partial charge in [-0.25, -0.2) is 19.9 Å². The molecule has 7 aromatic carbocycles. The number of benzene rings is 7. The minimum absolute atomic E-state index is 0.434. The number of nitrogens with zero attached hydrogens (tertiary/aromatic N) is 4. The van der Waals surface area contributed by atoms with E-state index in [-0.39, 0.29) is 0 Å². The topological polar surface area (TPSA) is 51.6 Å². The zero-order valence-electron chi connectivity index (χ0n) is 32.5. The number of rotatable bonds is 8. The van der Waals surface area contributed by atoms with Crippen LogP contribution in [0.15, 0.2) is 188 Å². The molecular formula is C55H40N4. The molecule has 280 valence electrons. The van der Waals surface area contributed by atoms with Crippen LogP contribution >= 0.6 is 0 Å². The van der Waals surface area contributed by atoms with Gasteiger partial charge >= 0.3 is 0 Å². The highest BCUT2D eigenvalue weighted by Gasteiger charge is 2.71. The molecule has 0 bridgehead atoms. The van der Waals surface area contributed by atoms with Gasteiger partial charge in [-0.15, -0.1) is 0 Å². The molecule has 4 nitrogen and oxygen atoms in total. The van der Waals surface area contributed by atoms with E-state index < -0.39 is 0 Å². The molecule has 12 rings (SSSR count). The lowest BCUT2D eigenvalue weighted by molar-refractivity contribution is -0.219. The first-order valence-electron chi connectivity index (χ1n) is 20.8. The van der Waals surface area contributed by atoms with Crippen molar-refractivity contribution in [2.45, 2.75) is 24.7 Å². The average molecular weight is 757 g/mol. The highest BCUT2D eigenvalue weighted by molar-refractivity contribution is 6.00. The number of aromatic nitrogens is 4. The first kappa shape index (κ1) is 34.0. The van der Waals surface area contributed by atoms with Gasteiger partial charge in [-0.2, -0.15) is 0 Å². The molecule has 0 saturated heterocycles. The first-order chi connectivity index (χ1) is 29.1. The Hall–Kier alpha value is -7.04. The van der Waals surface area contributed by atoms with Gasteiger partial charge in [-0.3, -0.25) is 0 Å². The van der Waals surface area contributed by atoms with Gasteiger partial charge in [0.05, 0.1) is 22.8 Å². The Labute approximate surface area is 344 Å². The van der Waals surface area contributed by atoms with Crippen LogP contribution in [0.1, 0.15) is 24.8 Å². The Morgan fingerprint density at radius 3 is 1.54 bits per heavy atom. The van der Waals surface area contributed by atoms with E-state index in [2.05, 4.69) is 164 Å². The molecule has 3 saturated carbocycles. The molecule has 3 aliphatic carbocycles. The van der Waals surface area contributed by atoms with Gasteiger partial charge in [-0.05, 0) is 100 Å². The maximum absolute atomic E-state index is 5.32. The van der Waals surface area contributed by atoms with Crippen LogP contribution in [0.25, 0.3) is 89.7 Å². The standard InChI is InChI=1S/C55H40N4/c1-4-13-35(14-5-1)39-20-12-21-41(27-39)49-31-50(58-53(57-49)37-15-6-2-7-16-37)42-28-40-19-10-11-22-46(40)47(30-42)51-32-48(56-54(59-51)38-17-8-3-9-18-38)36-23-25-45(26-24-36)55-33-43-29-44(34-55)52(43)55/h1-28,30-32,43-44,52H,29,33-34H2. The monoisotopic (exact) mass is 756 g/mol. The zero-order chi connectivity index (χ0) is 38.9. The largest absolute Gasteiger partial charge is 0.228 e. The van der Waals surface area contributed by atoms with Gasteiger partial charge < -0.3 is 0 Å². The second-order valence-corrected chi connectivity index (χ2v) is 16.8. The van der Waals surface area contributed by atoms with E-state index in [1.807, 2.05) is 24.3 Å². The van der Waals surface area contributed by atoms with Gasteiger partial charge in [0.15, 0.2) is 11.6 Å². The molecule has 2 heterocycles. The summed E-state index contributed by atoms with van der Waals surface area (Å²) < 4.78 is 0. The van der Waals surface area contributed by atoms with E-state index in [0.717, 1.165) is 90.2 Å². The van der Waals surface area contributed by atoms with E-state index in [4.69, 9.17) is 19.9 Å². The van der Waals surface area contributed by atoms with Gasteiger partial charge in [0, 0.05) is 33.4 Å². The highest BCUT2D eigenvalue weighted by Crippen LogP contribution is 2.77. The fraction of sp³-hybridized carbons (Fsp3) is 0.127. The Kier molecular flexibility index (Phi) is 7.81. The second-order valence-electron chi connectivity index (χ2n) is 16.8. The third-order valence-corrected chi connectivity index (χ3v) is 13.5. The summed E-state index contributed by atoms with van der Waals surface area (Å²) >= 11 is 0. The van der Waals surface area contributed by atoms with E-state index in [9.17, 15) is 0 Å². The van der Waals surface area contributed by atoms with Crippen molar-refractivity contribution in [3.8, 4) is 78.9 Å². The minimum Gasteiger partial charge on any atom is -0.228 e. The van der Waals surface area contributed by atoms with Gasteiger partial charge in [0.1, 0.15) is 0 Å². The summed E-state index contributed by atoms with van der Waals surface area (Å²) in [5.74, 6) is 4.27. The maximum Gasteiger partial charge on any atom is 0.160 e. The molecule has 0 N–H and O–H groups in total. The Balaban J connectivity index is 1.01. The van der Waals surface area contributed by atoms with Crippen molar-refractivity contribution in [3.63, 3.8) is 0 Å². The predicted molar refractivity (Wildman–Crippen MR) is 239 cm³/mol. The van der Waals surface area contributed by atoms with Crippen molar-refractivity contribution in [1.82, 2.24) is 19.9 Å². The van der Waals surface area contributed by atoms with Gasteiger partial charge in [0.2, 0.25) is 0 Å². The third-order valence-electron chi connectivity index (χ3n) is 13.5. The van der Waals surface area contributed by atoms with Crippen molar-refractivity contribution in [2.24, 2.45) is 17.8 Å². The SMILES string of the molecule is c1ccc(-c2cccc(-c3cc(-c4cc(-c5cc(-c6ccc(C78CC9CC(C7)C98)cc6)nc(-c6ccccc6)n5)c5ccccc5c4)nc(-c4ccccc4)n3)c2)cc1. The fourth-order valence-corrected chi connectivity index (χ4v) is 10.6. The molecule has 3 fully saturated rings. The maximum atomic E-state index is 5.32. The lowest BCUT2D eigenvalue weighted by Gasteiger charge is -2.76. The van der Waals surface area contributed by atoms with E-state index in [1.165, 1.54) is 30.4 Å². The summed E-state index contributed by atoms with van der Waals surface area (Å²) in [6.07, 6.45) is 4.20. The molecule has 2 aromatic heterocycles. The summed E-state index contributed by atoms with van der Waals surface area (Å²) in [6.45, 7) is 0. The van der Waals surface area contributed by atoms with Crippen molar-refractivity contribution in [3.05, 3.63) is 194 Å². The van der Waals surface area contributed by atoms with Crippen LogP contribution < -0.4 is 0 Å². The second kappa shape index (κ2) is 13.5. The smallest absolute Gasteiger partial charge is 0.160 e. The van der Waals surface area contributed by atoms with Crippen molar-refractivity contribution >= 4 is 10.8 Å². The average Bonchev–Trinajstić information content (AvgIpc) is 3.31. The molecule has 4 heteroatoms. The fourth-order valence-electron chi connectivity index (χ4n) is 10.6. The quantitative estimate of drug-likeness (QED) is 0.155. The third kappa shape index (κ3) is 5.73. The zero-order valence-corrected chi connectivity index (χ0v) is 32.5. The number of fused-ring (bicyclic) bond motifs is 1. The summed E-state index contributed by atoms with van der Waals surface area (Å²) in [5, 5.41) is 2.24. The molecule has 9 aromatic rings. The van der Waals surface area contributed by atoms with Crippen molar-refractivity contribution < 1.29 is 0 Å². The number of hydrogen-bond donors (Lipinski definition) is 0. The summed E-state index contributed by atoms with van der Waals surface area (Å²) in [5.41, 5.74) is 13.9. The lowest BCUT2D eigenvalue weighted by Crippen LogP contribution is -2.71. The van der Waals surface area contributed by atoms with Crippen LogP contribution in [-0.2, 0) is 5.41 Å². The minimum atomic E-state index is 0.434.